The largest absolute Gasteiger partial charge is 0.416 e. The highest BCUT2D eigenvalue weighted by atomic mass is 19.4. The molecule has 1 aromatic heterocycles. The number of nitrogens with one attached hydrogen (secondary N) is 2. The van der Waals surface area contributed by atoms with Crippen molar-refractivity contribution in [3.05, 3.63) is 83.7 Å². The van der Waals surface area contributed by atoms with E-state index in [1.807, 2.05) is 0 Å². The summed E-state index contributed by atoms with van der Waals surface area (Å²) < 4.78 is 53.8. The summed E-state index contributed by atoms with van der Waals surface area (Å²) in [6.07, 6.45) is -1.23. The van der Waals surface area contributed by atoms with Crippen molar-refractivity contribution >= 4 is 11.6 Å². The van der Waals surface area contributed by atoms with E-state index in [1.54, 1.807) is 30.1 Å². The van der Waals surface area contributed by atoms with Gasteiger partial charge in [-0.25, -0.2) is 9.37 Å². The van der Waals surface area contributed by atoms with Crippen LogP contribution in [0.25, 0.3) is 0 Å². The number of aromatic nitrogens is 2. The van der Waals surface area contributed by atoms with Gasteiger partial charge in [0.05, 0.1) is 12.1 Å². The maximum absolute atomic E-state index is 13.7. The summed E-state index contributed by atoms with van der Waals surface area (Å²) in [6.45, 7) is -0.266. The van der Waals surface area contributed by atoms with E-state index in [1.165, 1.54) is 30.3 Å². The van der Waals surface area contributed by atoms with Gasteiger partial charge in [-0.05, 0) is 35.9 Å². The molecule has 0 bridgehead atoms. The van der Waals surface area contributed by atoms with Crippen LogP contribution >= 0.6 is 0 Å². The molecule has 0 aliphatic carbocycles. The lowest BCUT2D eigenvalue weighted by Crippen LogP contribution is -2.35. The number of imidazole rings is 1. The van der Waals surface area contributed by atoms with E-state index >= 15 is 0 Å². The number of anilines is 1. The number of halogens is 4. The molecule has 0 spiro atoms. The maximum atomic E-state index is 13.7. The van der Waals surface area contributed by atoms with Gasteiger partial charge in [-0.2, -0.15) is 13.2 Å². The minimum atomic E-state index is -4.47. The second-order valence-corrected chi connectivity index (χ2v) is 6.38. The molecule has 2 aromatic carbocycles. The van der Waals surface area contributed by atoms with Crippen LogP contribution in [0.2, 0.25) is 0 Å². The Balaban J connectivity index is 1.73. The van der Waals surface area contributed by atoms with Crippen LogP contribution in [-0.2, 0) is 18.0 Å². The van der Waals surface area contributed by atoms with E-state index in [0.717, 1.165) is 12.1 Å². The predicted molar refractivity (Wildman–Crippen MR) is 99.5 cm³/mol. The number of aryl methyl sites for hydroxylation is 1. The van der Waals surface area contributed by atoms with Crippen LogP contribution in [0.5, 0.6) is 0 Å². The van der Waals surface area contributed by atoms with E-state index in [9.17, 15) is 22.4 Å². The molecule has 3 aromatic rings. The molecule has 2 N–H and O–H groups in total. The first-order chi connectivity index (χ1) is 13.7. The van der Waals surface area contributed by atoms with Crippen LogP contribution in [0.4, 0.5) is 23.2 Å². The Bertz CT molecular complexity index is 1000. The third kappa shape index (κ3) is 5.13. The molecule has 0 aliphatic heterocycles. The van der Waals surface area contributed by atoms with Crippen molar-refractivity contribution < 1.29 is 22.4 Å². The van der Waals surface area contributed by atoms with E-state index in [2.05, 4.69) is 15.6 Å². The van der Waals surface area contributed by atoms with Crippen molar-refractivity contribution in [2.75, 3.05) is 11.9 Å². The summed E-state index contributed by atoms with van der Waals surface area (Å²) in [5.74, 6) is -0.458. The van der Waals surface area contributed by atoms with E-state index in [-0.39, 0.29) is 12.2 Å². The van der Waals surface area contributed by atoms with Gasteiger partial charge in [-0.1, -0.05) is 18.2 Å². The minimum Gasteiger partial charge on any atom is -0.376 e. The van der Waals surface area contributed by atoms with Gasteiger partial charge in [-0.3, -0.25) is 4.79 Å². The summed E-state index contributed by atoms with van der Waals surface area (Å²) in [5, 5.41) is 5.42. The van der Waals surface area contributed by atoms with Crippen molar-refractivity contribution in [3.8, 4) is 0 Å². The molecule has 152 valence electrons. The van der Waals surface area contributed by atoms with Crippen LogP contribution in [-0.4, -0.2) is 22.0 Å². The van der Waals surface area contributed by atoms with Crippen molar-refractivity contribution in [2.45, 2.75) is 12.2 Å². The Morgan fingerprint density at radius 1 is 1.17 bits per heavy atom. The summed E-state index contributed by atoms with van der Waals surface area (Å²) in [7, 11) is 1.74. The molecular formula is C20H18F4N4O. The van der Waals surface area contributed by atoms with Crippen molar-refractivity contribution in [1.82, 2.24) is 14.9 Å². The Morgan fingerprint density at radius 2 is 1.93 bits per heavy atom. The monoisotopic (exact) mass is 406 g/mol. The molecule has 3 rings (SSSR count). The topological polar surface area (TPSA) is 59.0 Å². The zero-order valence-electron chi connectivity index (χ0n) is 15.4. The third-order valence-corrected chi connectivity index (χ3v) is 4.25. The van der Waals surface area contributed by atoms with Gasteiger partial charge in [-0.15, -0.1) is 0 Å². The smallest absolute Gasteiger partial charge is 0.376 e. The highest BCUT2D eigenvalue weighted by Gasteiger charge is 2.30. The SMILES string of the molecule is Cn1ccnc1C(NC(=O)CNc1cccc(C(F)(F)F)c1)c1cccc(F)c1. The van der Waals surface area contributed by atoms with Crippen LogP contribution in [0, 0.1) is 5.82 Å². The Kier molecular flexibility index (Phi) is 5.86. The molecular weight excluding hydrogens is 388 g/mol. The molecule has 1 amide bonds. The zero-order chi connectivity index (χ0) is 21.0. The number of hydrogen-bond acceptors (Lipinski definition) is 3. The Labute approximate surface area is 164 Å². The quantitative estimate of drug-likeness (QED) is 0.611. The number of alkyl halides is 3. The van der Waals surface area contributed by atoms with E-state index in [4.69, 9.17) is 0 Å². The highest BCUT2D eigenvalue weighted by molar-refractivity contribution is 5.81. The fourth-order valence-corrected chi connectivity index (χ4v) is 2.84. The summed E-state index contributed by atoms with van der Waals surface area (Å²) in [6, 6.07) is 9.61. The van der Waals surface area contributed by atoms with Gasteiger partial charge in [0.15, 0.2) is 0 Å². The number of rotatable bonds is 6. The summed E-state index contributed by atoms with van der Waals surface area (Å²) in [4.78, 5) is 16.7. The van der Waals surface area contributed by atoms with Crippen LogP contribution < -0.4 is 10.6 Å². The number of benzene rings is 2. The van der Waals surface area contributed by atoms with Crippen LogP contribution in [0.15, 0.2) is 60.9 Å². The van der Waals surface area contributed by atoms with Crippen molar-refractivity contribution in [3.63, 3.8) is 0 Å². The molecule has 0 saturated heterocycles. The average Bonchev–Trinajstić information content (AvgIpc) is 3.09. The molecule has 5 nitrogen and oxygen atoms in total. The number of nitrogens with zero attached hydrogens (tertiary/aromatic N) is 2. The molecule has 0 aliphatic rings. The minimum absolute atomic E-state index is 0.161. The van der Waals surface area contributed by atoms with Gasteiger partial charge >= 0.3 is 6.18 Å². The van der Waals surface area contributed by atoms with Gasteiger partial charge in [0.2, 0.25) is 5.91 Å². The van der Waals surface area contributed by atoms with Gasteiger partial charge < -0.3 is 15.2 Å². The first-order valence-electron chi connectivity index (χ1n) is 8.67. The molecule has 0 radical (unpaired) electrons. The number of hydrogen-bond donors (Lipinski definition) is 2. The fourth-order valence-electron chi connectivity index (χ4n) is 2.84. The molecule has 9 heteroatoms. The van der Waals surface area contributed by atoms with E-state index in [0.29, 0.717) is 11.4 Å². The first-order valence-corrected chi connectivity index (χ1v) is 8.67. The summed E-state index contributed by atoms with van der Waals surface area (Å²) >= 11 is 0. The normalized spacial score (nSPS) is 12.4. The number of carbonyl (C=O) groups excluding carboxylic acids is 1. The van der Waals surface area contributed by atoms with Crippen molar-refractivity contribution in [2.24, 2.45) is 7.05 Å². The lowest BCUT2D eigenvalue weighted by Gasteiger charge is -2.20. The first kappa shape index (κ1) is 20.4. The average molecular weight is 406 g/mol. The standard InChI is InChI=1S/C20H18F4N4O/c1-28-9-8-25-19(28)18(13-4-2-6-15(21)10-13)27-17(29)12-26-16-7-3-5-14(11-16)20(22,23)24/h2-11,18,26H,12H2,1H3,(H,27,29). The molecule has 1 atom stereocenters. The number of amides is 1. The van der Waals surface area contributed by atoms with Gasteiger partial charge in [0, 0.05) is 25.1 Å². The Hall–Kier alpha value is -3.36. The van der Waals surface area contributed by atoms with Crippen LogP contribution in [0.1, 0.15) is 23.0 Å². The van der Waals surface area contributed by atoms with Gasteiger partial charge in [0.25, 0.3) is 0 Å². The highest BCUT2D eigenvalue weighted by Crippen LogP contribution is 2.30. The number of carbonyl (C=O) groups is 1. The molecule has 29 heavy (non-hydrogen) atoms. The second-order valence-electron chi connectivity index (χ2n) is 6.38. The Morgan fingerprint density at radius 3 is 2.59 bits per heavy atom. The third-order valence-electron chi connectivity index (χ3n) is 4.25. The lowest BCUT2D eigenvalue weighted by molar-refractivity contribution is -0.137. The predicted octanol–water partition coefficient (Wildman–Crippen LogP) is 3.90. The zero-order valence-corrected chi connectivity index (χ0v) is 15.4. The maximum Gasteiger partial charge on any atom is 0.416 e. The molecule has 0 saturated carbocycles. The molecule has 1 unspecified atom stereocenters. The fraction of sp³-hybridized carbons (Fsp3) is 0.200. The van der Waals surface area contributed by atoms with Crippen molar-refractivity contribution in [1.29, 1.82) is 0 Å². The molecule has 1 heterocycles. The van der Waals surface area contributed by atoms with Crippen LogP contribution in [0.3, 0.4) is 0 Å². The molecule has 0 fully saturated rings. The second kappa shape index (κ2) is 8.34. The summed E-state index contributed by atoms with van der Waals surface area (Å²) in [5.41, 5.74) is -0.158. The lowest BCUT2D eigenvalue weighted by atomic mass is 10.1. The van der Waals surface area contributed by atoms with Gasteiger partial charge in [0.1, 0.15) is 17.7 Å². The van der Waals surface area contributed by atoms with E-state index < -0.39 is 29.5 Å².